The Morgan fingerprint density at radius 3 is 3.00 bits per heavy atom. The Balaban J connectivity index is 2.42. The van der Waals surface area contributed by atoms with Gasteiger partial charge >= 0.3 is 0 Å². The van der Waals surface area contributed by atoms with Crippen molar-refractivity contribution >= 4 is 11.6 Å². The van der Waals surface area contributed by atoms with Gasteiger partial charge in [-0.1, -0.05) is 17.7 Å². The normalized spacial score (nSPS) is 25.5. The van der Waals surface area contributed by atoms with E-state index in [1.54, 1.807) is 0 Å². The highest BCUT2D eigenvalue weighted by Gasteiger charge is 2.29. The van der Waals surface area contributed by atoms with Crippen LogP contribution in [0, 0.1) is 0 Å². The Labute approximate surface area is 82.6 Å². The molecule has 1 aliphatic heterocycles. The SMILES string of the molecule is CC1Oc2cc(Cl)ccc2C1CN. The van der Waals surface area contributed by atoms with Crippen LogP contribution in [0.15, 0.2) is 18.2 Å². The fourth-order valence-electron chi connectivity index (χ4n) is 1.77. The first-order valence-electron chi connectivity index (χ1n) is 4.38. The molecule has 0 radical (unpaired) electrons. The highest BCUT2D eigenvalue weighted by atomic mass is 35.5. The van der Waals surface area contributed by atoms with Gasteiger partial charge in [-0.05, 0) is 19.1 Å². The lowest BCUT2D eigenvalue weighted by Crippen LogP contribution is -2.21. The summed E-state index contributed by atoms with van der Waals surface area (Å²) in [7, 11) is 0. The molecule has 2 nitrogen and oxygen atoms in total. The molecule has 2 rings (SSSR count). The van der Waals surface area contributed by atoms with Gasteiger partial charge in [0.25, 0.3) is 0 Å². The lowest BCUT2D eigenvalue weighted by molar-refractivity contribution is 0.228. The molecule has 1 aromatic carbocycles. The molecule has 0 amide bonds. The topological polar surface area (TPSA) is 35.2 Å². The Morgan fingerprint density at radius 2 is 2.31 bits per heavy atom. The van der Waals surface area contributed by atoms with Crippen molar-refractivity contribution in [3.05, 3.63) is 28.8 Å². The second-order valence-electron chi connectivity index (χ2n) is 3.35. The summed E-state index contributed by atoms with van der Waals surface area (Å²) in [4.78, 5) is 0. The molecule has 1 heterocycles. The predicted molar refractivity (Wildman–Crippen MR) is 53.3 cm³/mol. The van der Waals surface area contributed by atoms with E-state index in [4.69, 9.17) is 22.1 Å². The molecule has 0 saturated carbocycles. The lowest BCUT2D eigenvalue weighted by Gasteiger charge is -2.10. The zero-order valence-electron chi connectivity index (χ0n) is 7.46. The van der Waals surface area contributed by atoms with Crippen molar-refractivity contribution < 1.29 is 4.74 Å². The molecule has 70 valence electrons. The number of nitrogens with two attached hydrogens (primary N) is 1. The molecule has 0 spiro atoms. The maximum Gasteiger partial charge on any atom is 0.124 e. The van der Waals surface area contributed by atoms with Gasteiger partial charge in [-0.3, -0.25) is 0 Å². The minimum absolute atomic E-state index is 0.165. The van der Waals surface area contributed by atoms with E-state index >= 15 is 0 Å². The summed E-state index contributed by atoms with van der Waals surface area (Å²) in [6.07, 6.45) is 0.165. The van der Waals surface area contributed by atoms with Gasteiger partial charge in [0.2, 0.25) is 0 Å². The molecular formula is C10H12ClNO. The average Bonchev–Trinajstić information content (AvgIpc) is 2.39. The van der Waals surface area contributed by atoms with Crippen molar-refractivity contribution in [3.8, 4) is 5.75 Å². The van der Waals surface area contributed by atoms with Crippen LogP contribution in [0.1, 0.15) is 18.4 Å². The third-order valence-corrected chi connectivity index (χ3v) is 2.74. The van der Waals surface area contributed by atoms with Crippen molar-refractivity contribution in [2.75, 3.05) is 6.54 Å². The minimum Gasteiger partial charge on any atom is -0.490 e. The zero-order valence-corrected chi connectivity index (χ0v) is 8.21. The van der Waals surface area contributed by atoms with E-state index in [-0.39, 0.29) is 6.10 Å². The fraction of sp³-hybridized carbons (Fsp3) is 0.400. The van der Waals surface area contributed by atoms with Gasteiger partial charge in [0.15, 0.2) is 0 Å². The smallest absolute Gasteiger partial charge is 0.124 e. The summed E-state index contributed by atoms with van der Waals surface area (Å²) in [6.45, 7) is 2.65. The summed E-state index contributed by atoms with van der Waals surface area (Å²) < 4.78 is 5.63. The molecule has 13 heavy (non-hydrogen) atoms. The quantitative estimate of drug-likeness (QED) is 0.749. The van der Waals surface area contributed by atoms with Crippen LogP contribution in [0.25, 0.3) is 0 Å². The number of ether oxygens (including phenoxy) is 1. The van der Waals surface area contributed by atoms with Gasteiger partial charge < -0.3 is 10.5 Å². The summed E-state index contributed by atoms with van der Waals surface area (Å²) in [5.41, 5.74) is 6.84. The van der Waals surface area contributed by atoms with Crippen molar-refractivity contribution in [1.82, 2.24) is 0 Å². The predicted octanol–water partition coefficient (Wildman–Crippen LogP) is 2.16. The summed E-state index contributed by atoms with van der Waals surface area (Å²) in [5, 5.41) is 0.712. The standard InChI is InChI=1S/C10H12ClNO/c1-6-9(5-12)8-3-2-7(11)4-10(8)13-6/h2-4,6,9H,5,12H2,1H3. The van der Waals surface area contributed by atoms with Crippen LogP contribution in [0.4, 0.5) is 0 Å². The van der Waals surface area contributed by atoms with Crippen LogP contribution in [0.5, 0.6) is 5.75 Å². The van der Waals surface area contributed by atoms with E-state index in [0.717, 1.165) is 5.75 Å². The largest absolute Gasteiger partial charge is 0.490 e. The van der Waals surface area contributed by atoms with E-state index in [2.05, 4.69) is 0 Å². The van der Waals surface area contributed by atoms with Gasteiger partial charge in [0, 0.05) is 23.0 Å². The van der Waals surface area contributed by atoms with Crippen molar-refractivity contribution in [3.63, 3.8) is 0 Å². The van der Waals surface area contributed by atoms with E-state index in [1.807, 2.05) is 25.1 Å². The van der Waals surface area contributed by atoms with Crippen molar-refractivity contribution in [2.45, 2.75) is 18.9 Å². The molecule has 2 unspecified atom stereocenters. The number of benzene rings is 1. The highest BCUT2D eigenvalue weighted by Crippen LogP contribution is 2.38. The van der Waals surface area contributed by atoms with Gasteiger partial charge in [-0.15, -0.1) is 0 Å². The molecule has 0 saturated heterocycles. The van der Waals surface area contributed by atoms with Gasteiger partial charge in [0.05, 0.1) is 0 Å². The van der Waals surface area contributed by atoms with Gasteiger partial charge in [-0.25, -0.2) is 0 Å². The van der Waals surface area contributed by atoms with Crippen LogP contribution < -0.4 is 10.5 Å². The number of halogens is 1. The van der Waals surface area contributed by atoms with E-state index in [1.165, 1.54) is 5.56 Å². The molecule has 1 aromatic rings. The second-order valence-corrected chi connectivity index (χ2v) is 3.78. The molecule has 0 fully saturated rings. The first-order chi connectivity index (χ1) is 6.22. The van der Waals surface area contributed by atoms with Crippen molar-refractivity contribution in [2.24, 2.45) is 5.73 Å². The number of fused-ring (bicyclic) bond motifs is 1. The molecular weight excluding hydrogens is 186 g/mol. The van der Waals surface area contributed by atoms with Gasteiger partial charge in [0.1, 0.15) is 11.9 Å². The molecule has 1 aliphatic rings. The van der Waals surface area contributed by atoms with Crippen LogP contribution in [-0.2, 0) is 0 Å². The third-order valence-electron chi connectivity index (χ3n) is 2.51. The van der Waals surface area contributed by atoms with Gasteiger partial charge in [-0.2, -0.15) is 0 Å². The maximum absolute atomic E-state index is 5.85. The molecule has 0 aromatic heterocycles. The lowest BCUT2D eigenvalue weighted by atomic mass is 9.97. The van der Waals surface area contributed by atoms with E-state index < -0.39 is 0 Å². The highest BCUT2D eigenvalue weighted by molar-refractivity contribution is 6.30. The average molecular weight is 198 g/mol. The monoisotopic (exact) mass is 197 g/mol. The Kier molecular flexibility index (Phi) is 2.18. The zero-order chi connectivity index (χ0) is 9.42. The first-order valence-corrected chi connectivity index (χ1v) is 4.76. The molecule has 0 bridgehead atoms. The first kappa shape index (κ1) is 8.85. The van der Waals surface area contributed by atoms with E-state index in [0.29, 0.717) is 17.5 Å². The molecule has 3 heteroatoms. The molecule has 2 N–H and O–H groups in total. The number of hydrogen-bond donors (Lipinski definition) is 1. The van der Waals surface area contributed by atoms with Crippen LogP contribution in [-0.4, -0.2) is 12.6 Å². The number of rotatable bonds is 1. The third kappa shape index (κ3) is 1.40. The van der Waals surface area contributed by atoms with Crippen LogP contribution >= 0.6 is 11.6 Å². The Hall–Kier alpha value is -0.730. The molecule has 2 atom stereocenters. The number of hydrogen-bond acceptors (Lipinski definition) is 2. The van der Waals surface area contributed by atoms with Crippen LogP contribution in [0.2, 0.25) is 5.02 Å². The molecule has 0 aliphatic carbocycles. The maximum atomic E-state index is 5.85. The summed E-state index contributed by atoms with van der Waals surface area (Å²) in [6, 6.07) is 5.73. The summed E-state index contributed by atoms with van der Waals surface area (Å²) >= 11 is 5.85. The van der Waals surface area contributed by atoms with Crippen LogP contribution in [0.3, 0.4) is 0 Å². The fourth-order valence-corrected chi connectivity index (χ4v) is 1.93. The second kappa shape index (κ2) is 3.20. The minimum atomic E-state index is 0.165. The summed E-state index contributed by atoms with van der Waals surface area (Å²) in [5.74, 6) is 1.20. The van der Waals surface area contributed by atoms with Crippen molar-refractivity contribution in [1.29, 1.82) is 0 Å². The Morgan fingerprint density at radius 1 is 1.54 bits per heavy atom. The van der Waals surface area contributed by atoms with E-state index in [9.17, 15) is 0 Å². The Bertz CT molecular complexity index is 327.